The number of benzene rings is 1. The Morgan fingerprint density at radius 2 is 2.06 bits per heavy atom. The third-order valence-electron chi connectivity index (χ3n) is 3.00. The van der Waals surface area contributed by atoms with Gasteiger partial charge in [0.05, 0.1) is 0 Å². The van der Waals surface area contributed by atoms with Crippen LogP contribution in [0.1, 0.15) is 23.2 Å². The second kappa shape index (κ2) is 5.98. The molecular formula is C12H16ClFN2O. The summed E-state index contributed by atoms with van der Waals surface area (Å²) < 4.78 is 12.7. The lowest BCUT2D eigenvalue weighted by atomic mass is 10.1. The molecule has 0 aromatic heterocycles. The summed E-state index contributed by atoms with van der Waals surface area (Å²) in [4.78, 5) is 13.9. The van der Waals surface area contributed by atoms with Crippen LogP contribution in [0.5, 0.6) is 0 Å². The molecule has 1 aromatic rings. The number of hydrogen-bond acceptors (Lipinski definition) is 2. The summed E-state index contributed by atoms with van der Waals surface area (Å²) in [6, 6.07) is 5.78. The molecule has 2 N–H and O–H groups in total. The van der Waals surface area contributed by atoms with Crippen molar-refractivity contribution in [2.75, 3.05) is 13.1 Å². The van der Waals surface area contributed by atoms with Gasteiger partial charge in [-0.2, -0.15) is 0 Å². The molecule has 0 bridgehead atoms. The zero-order chi connectivity index (χ0) is 11.5. The van der Waals surface area contributed by atoms with Gasteiger partial charge >= 0.3 is 0 Å². The molecule has 3 nitrogen and oxygen atoms in total. The van der Waals surface area contributed by atoms with Crippen LogP contribution < -0.4 is 5.73 Å². The number of likely N-dealkylation sites (tertiary alicyclic amines) is 1. The highest BCUT2D eigenvalue weighted by molar-refractivity contribution is 5.94. The van der Waals surface area contributed by atoms with Crippen molar-refractivity contribution in [2.24, 2.45) is 5.73 Å². The molecule has 1 amide bonds. The van der Waals surface area contributed by atoms with E-state index in [1.807, 2.05) is 0 Å². The number of carbonyl (C=O) groups excluding carboxylic acids is 1. The summed E-state index contributed by atoms with van der Waals surface area (Å²) in [7, 11) is 0. The summed E-state index contributed by atoms with van der Waals surface area (Å²) in [6.07, 6.45) is 1.96. The Morgan fingerprint density at radius 1 is 1.41 bits per heavy atom. The maximum atomic E-state index is 12.7. The van der Waals surface area contributed by atoms with Crippen LogP contribution in [0, 0.1) is 5.82 Å². The van der Waals surface area contributed by atoms with Crippen LogP contribution in [0.4, 0.5) is 4.39 Å². The van der Waals surface area contributed by atoms with Crippen LogP contribution in [0.15, 0.2) is 24.3 Å². The van der Waals surface area contributed by atoms with Gasteiger partial charge < -0.3 is 10.6 Å². The first-order chi connectivity index (χ1) is 7.72. The highest BCUT2D eigenvalue weighted by Crippen LogP contribution is 2.19. The van der Waals surface area contributed by atoms with Crippen molar-refractivity contribution in [3.05, 3.63) is 35.6 Å². The first-order valence-electron chi connectivity index (χ1n) is 5.49. The zero-order valence-corrected chi connectivity index (χ0v) is 10.3. The van der Waals surface area contributed by atoms with E-state index in [1.54, 1.807) is 4.90 Å². The van der Waals surface area contributed by atoms with Gasteiger partial charge in [-0.25, -0.2) is 4.39 Å². The summed E-state index contributed by atoms with van der Waals surface area (Å²) in [5, 5.41) is 0. The molecule has 1 unspecified atom stereocenters. The first kappa shape index (κ1) is 13.9. The fourth-order valence-corrected chi connectivity index (χ4v) is 2.11. The smallest absolute Gasteiger partial charge is 0.254 e. The van der Waals surface area contributed by atoms with Crippen LogP contribution in [0.2, 0.25) is 0 Å². The molecule has 0 radical (unpaired) electrons. The van der Waals surface area contributed by atoms with E-state index >= 15 is 0 Å². The summed E-state index contributed by atoms with van der Waals surface area (Å²) in [5.74, 6) is -0.374. The molecule has 5 heteroatoms. The van der Waals surface area contributed by atoms with Gasteiger partial charge in [-0.05, 0) is 37.1 Å². The Morgan fingerprint density at radius 3 is 2.65 bits per heavy atom. The topological polar surface area (TPSA) is 46.3 Å². The molecule has 0 saturated carbocycles. The second-order valence-electron chi connectivity index (χ2n) is 4.04. The minimum absolute atomic E-state index is 0. The Labute approximate surface area is 106 Å². The molecule has 17 heavy (non-hydrogen) atoms. The number of carbonyl (C=O) groups is 1. The zero-order valence-electron chi connectivity index (χ0n) is 9.43. The molecule has 1 saturated heterocycles. The monoisotopic (exact) mass is 258 g/mol. The van der Waals surface area contributed by atoms with Crippen LogP contribution >= 0.6 is 12.4 Å². The SMILES string of the molecule is Cl.NCC1CCCN1C(=O)c1ccc(F)cc1. The average molecular weight is 259 g/mol. The van der Waals surface area contributed by atoms with Gasteiger partial charge in [-0.15, -0.1) is 12.4 Å². The molecule has 1 aromatic carbocycles. The Bertz CT molecular complexity index is 383. The van der Waals surface area contributed by atoms with Gasteiger partial charge in [0.1, 0.15) is 5.82 Å². The predicted molar refractivity (Wildman–Crippen MR) is 66.8 cm³/mol. The summed E-state index contributed by atoms with van der Waals surface area (Å²) in [6.45, 7) is 1.24. The Balaban J connectivity index is 0.00000144. The van der Waals surface area contributed by atoms with Gasteiger partial charge in [0, 0.05) is 24.7 Å². The largest absolute Gasteiger partial charge is 0.334 e. The lowest BCUT2D eigenvalue weighted by molar-refractivity contribution is 0.0741. The van der Waals surface area contributed by atoms with Gasteiger partial charge in [0.2, 0.25) is 0 Å². The maximum absolute atomic E-state index is 12.7. The second-order valence-corrected chi connectivity index (χ2v) is 4.04. The van der Waals surface area contributed by atoms with Crippen molar-refractivity contribution in [3.8, 4) is 0 Å². The average Bonchev–Trinajstić information content (AvgIpc) is 2.77. The maximum Gasteiger partial charge on any atom is 0.254 e. The minimum atomic E-state index is -0.326. The van der Waals surface area contributed by atoms with Crippen molar-refractivity contribution in [3.63, 3.8) is 0 Å². The van der Waals surface area contributed by atoms with E-state index in [0.29, 0.717) is 12.1 Å². The lowest BCUT2D eigenvalue weighted by Crippen LogP contribution is -2.39. The molecular weight excluding hydrogens is 243 g/mol. The molecule has 1 aliphatic rings. The van der Waals surface area contributed by atoms with E-state index in [2.05, 4.69) is 0 Å². The van der Waals surface area contributed by atoms with E-state index in [1.165, 1.54) is 24.3 Å². The van der Waals surface area contributed by atoms with E-state index in [0.717, 1.165) is 19.4 Å². The quantitative estimate of drug-likeness (QED) is 0.880. The number of nitrogens with zero attached hydrogens (tertiary/aromatic N) is 1. The van der Waals surface area contributed by atoms with Gasteiger partial charge in [-0.3, -0.25) is 4.79 Å². The molecule has 0 spiro atoms. The molecule has 1 fully saturated rings. The summed E-state index contributed by atoms with van der Waals surface area (Å²) in [5.41, 5.74) is 6.14. The molecule has 1 aliphatic heterocycles. The molecule has 0 aliphatic carbocycles. The fraction of sp³-hybridized carbons (Fsp3) is 0.417. The van der Waals surface area contributed by atoms with Gasteiger partial charge in [-0.1, -0.05) is 0 Å². The number of hydrogen-bond donors (Lipinski definition) is 1. The Hall–Kier alpha value is -1.13. The van der Waals surface area contributed by atoms with Gasteiger partial charge in [0.25, 0.3) is 5.91 Å². The van der Waals surface area contributed by atoms with Crippen LogP contribution in [0.3, 0.4) is 0 Å². The Kier molecular flexibility index (Phi) is 4.90. The molecule has 1 heterocycles. The highest BCUT2D eigenvalue weighted by atomic mass is 35.5. The lowest BCUT2D eigenvalue weighted by Gasteiger charge is -2.23. The van der Waals surface area contributed by atoms with E-state index < -0.39 is 0 Å². The normalized spacial score (nSPS) is 18.9. The number of rotatable bonds is 2. The van der Waals surface area contributed by atoms with Crippen molar-refractivity contribution in [1.82, 2.24) is 4.90 Å². The number of amides is 1. The van der Waals surface area contributed by atoms with Crippen molar-refractivity contribution in [2.45, 2.75) is 18.9 Å². The van der Waals surface area contributed by atoms with Crippen LogP contribution in [-0.4, -0.2) is 29.9 Å². The molecule has 1 atom stereocenters. The van der Waals surface area contributed by atoms with Crippen molar-refractivity contribution < 1.29 is 9.18 Å². The number of nitrogens with two attached hydrogens (primary N) is 1. The third-order valence-corrected chi connectivity index (χ3v) is 3.00. The van der Waals surface area contributed by atoms with E-state index in [-0.39, 0.29) is 30.2 Å². The number of halogens is 2. The first-order valence-corrected chi connectivity index (χ1v) is 5.49. The molecule has 94 valence electrons. The van der Waals surface area contributed by atoms with Gasteiger partial charge in [0.15, 0.2) is 0 Å². The fourth-order valence-electron chi connectivity index (χ4n) is 2.11. The minimum Gasteiger partial charge on any atom is -0.334 e. The standard InChI is InChI=1S/C12H15FN2O.ClH/c13-10-5-3-9(4-6-10)12(16)15-7-1-2-11(15)8-14;/h3-6,11H,1-2,7-8,14H2;1H. The van der Waals surface area contributed by atoms with Crippen LogP contribution in [-0.2, 0) is 0 Å². The van der Waals surface area contributed by atoms with Crippen molar-refractivity contribution >= 4 is 18.3 Å². The van der Waals surface area contributed by atoms with E-state index in [9.17, 15) is 9.18 Å². The summed E-state index contributed by atoms with van der Waals surface area (Å²) >= 11 is 0. The predicted octanol–water partition coefficient (Wildman–Crippen LogP) is 1.81. The molecule has 2 rings (SSSR count). The third kappa shape index (κ3) is 2.96. The van der Waals surface area contributed by atoms with E-state index in [4.69, 9.17) is 5.73 Å². The highest BCUT2D eigenvalue weighted by Gasteiger charge is 2.28. The van der Waals surface area contributed by atoms with Crippen molar-refractivity contribution in [1.29, 1.82) is 0 Å². The van der Waals surface area contributed by atoms with Crippen LogP contribution in [0.25, 0.3) is 0 Å².